The zero-order chi connectivity index (χ0) is 14.0. The van der Waals surface area contributed by atoms with E-state index in [0.29, 0.717) is 15.8 Å². The Kier molecular flexibility index (Phi) is 4.47. The van der Waals surface area contributed by atoms with Crippen molar-refractivity contribution in [2.45, 2.75) is 38.2 Å². The van der Waals surface area contributed by atoms with Gasteiger partial charge in [0.1, 0.15) is 5.75 Å². The molecular weight excluding hydrogens is 312 g/mol. The number of hydrogen-bond donors (Lipinski definition) is 2. The largest absolute Gasteiger partial charge is 0.495 e. The first-order valence-electron chi connectivity index (χ1n) is 6.35. The molecule has 5 heteroatoms. The number of hydrogen-bond acceptors (Lipinski definition) is 3. The average Bonchev–Trinajstić information content (AvgIpc) is 2.61. The Labute approximate surface area is 120 Å². The molecule has 0 radical (unpaired) electrons. The van der Waals surface area contributed by atoms with Gasteiger partial charge in [0, 0.05) is 5.56 Å². The Bertz CT molecular complexity index is 499. The lowest BCUT2D eigenvalue weighted by Gasteiger charge is -2.20. The maximum absolute atomic E-state index is 11.1. The summed E-state index contributed by atoms with van der Waals surface area (Å²) in [7, 11) is 1.49. The molecule has 2 rings (SSSR count). The first-order valence-corrected chi connectivity index (χ1v) is 7.14. The van der Waals surface area contributed by atoms with Gasteiger partial charge in [-0.15, -0.1) is 0 Å². The van der Waals surface area contributed by atoms with Crippen molar-refractivity contribution >= 4 is 21.9 Å². The highest BCUT2D eigenvalue weighted by atomic mass is 79.9. The highest BCUT2D eigenvalue weighted by Gasteiger charge is 2.28. The third kappa shape index (κ3) is 2.77. The number of rotatable bonds is 3. The molecule has 1 aromatic carbocycles. The third-order valence-electron chi connectivity index (χ3n) is 3.56. The van der Waals surface area contributed by atoms with Crippen LogP contribution in [0.25, 0.3) is 0 Å². The summed E-state index contributed by atoms with van der Waals surface area (Å²) in [5, 5.41) is 19.1. The summed E-state index contributed by atoms with van der Waals surface area (Å²) in [5.74, 6) is -0.821. The van der Waals surface area contributed by atoms with Crippen LogP contribution >= 0.6 is 15.9 Å². The summed E-state index contributed by atoms with van der Waals surface area (Å²) >= 11 is 3.40. The Morgan fingerprint density at radius 2 is 2.05 bits per heavy atom. The van der Waals surface area contributed by atoms with Crippen LogP contribution < -0.4 is 4.74 Å². The van der Waals surface area contributed by atoms with Gasteiger partial charge in [-0.3, -0.25) is 0 Å². The molecule has 0 aliphatic heterocycles. The molecule has 0 saturated heterocycles. The van der Waals surface area contributed by atoms with E-state index in [2.05, 4.69) is 15.9 Å². The molecule has 1 unspecified atom stereocenters. The van der Waals surface area contributed by atoms with Gasteiger partial charge >= 0.3 is 5.97 Å². The second-order valence-corrected chi connectivity index (χ2v) is 5.60. The SMILES string of the molecule is COc1c(Br)cc2c(c1C(O)C(=O)O)CCCCC2. The number of carboxylic acid groups (broad SMARTS) is 1. The molecule has 0 aromatic heterocycles. The van der Waals surface area contributed by atoms with E-state index in [9.17, 15) is 9.90 Å². The van der Waals surface area contributed by atoms with E-state index < -0.39 is 12.1 Å². The van der Waals surface area contributed by atoms with Crippen LogP contribution in [0.15, 0.2) is 10.5 Å². The van der Waals surface area contributed by atoms with Crippen molar-refractivity contribution in [3.05, 3.63) is 27.2 Å². The lowest BCUT2D eigenvalue weighted by molar-refractivity contribution is -0.147. The number of ether oxygens (including phenoxy) is 1. The number of carboxylic acids is 1. The van der Waals surface area contributed by atoms with Crippen molar-refractivity contribution in [1.29, 1.82) is 0 Å². The third-order valence-corrected chi connectivity index (χ3v) is 4.15. The van der Waals surface area contributed by atoms with E-state index in [0.717, 1.165) is 43.2 Å². The van der Waals surface area contributed by atoms with E-state index in [1.165, 1.54) is 7.11 Å². The predicted molar refractivity (Wildman–Crippen MR) is 74.5 cm³/mol. The van der Waals surface area contributed by atoms with Gasteiger partial charge in [-0.05, 0) is 58.8 Å². The van der Waals surface area contributed by atoms with Gasteiger partial charge in [-0.1, -0.05) is 6.42 Å². The standard InChI is InChI=1S/C14H17BrO4/c1-19-13-10(15)7-8-5-3-2-4-6-9(8)11(13)12(16)14(17)18/h7,12,16H,2-6H2,1H3,(H,17,18). The van der Waals surface area contributed by atoms with Crippen LogP contribution in [0.3, 0.4) is 0 Å². The van der Waals surface area contributed by atoms with E-state index in [1.807, 2.05) is 6.07 Å². The second-order valence-electron chi connectivity index (χ2n) is 4.74. The van der Waals surface area contributed by atoms with Crippen LogP contribution in [0.2, 0.25) is 0 Å². The monoisotopic (exact) mass is 328 g/mol. The topological polar surface area (TPSA) is 66.8 Å². The average molecular weight is 329 g/mol. The number of methoxy groups -OCH3 is 1. The molecular formula is C14H17BrO4. The lowest BCUT2D eigenvalue weighted by atomic mass is 9.93. The molecule has 1 aliphatic rings. The van der Waals surface area contributed by atoms with Gasteiger partial charge in [0.05, 0.1) is 11.6 Å². The number of fused-ring (bicyclic) bond motifs is 1. The summed E-state index contributed by atoms with van der Waals surface area (Å²) in [6.07, 6.45) is 3.39. The second kappa shape index (κ2) is 5.92. The maximum atomic E-state index is 11.1. The first kappa shape index (κ1) is 14.3. The van der Waals surface area contributed by atoms with Crippen LogP contribution in [-0.2, 0) is 17.6 Å². The zero-order valence-corrected chi connectivity index (χ0v) is 12.4. The van der Waals surface area contributed by atoms with Crippen molar-refractivity contribution in [3.63, 3.8) is 0 Å². The summed E-state index contributed by atoms with van der Waals surface area (Å²) in [4.78, 5) is 11.1. The molecule has 0 amide bonds. The fourth-order valence-electron chi connectivity index (χ4n) is 2.68. The van der Waals surface area contributed by atoms with Gasteiger partial charge in [0.2, 0.25) is 0 Å². The quantitative estimate of drug-likeness (QED) is 0.837. The van der Waals surface area contributed by atoms with E-state index in [4.69, 9.17) is 9.84 Å². The van der Waals surface area contributed by atoms with E-state index >= 15 is 0 Å². The molecule has 0 heterocycles. The minimum absolute atomic E-state index is 0.404. The highest BCUT2D eigenvalue weighted by molar-refractivity contribution is 9.10. The molecule has 104 valence electrons. The first-order chi connectivity index (χ1) is 9.06. The molecule has 1 aliphatic carbocycles. The van der Waals surface area contributed by atoms with Gasteiger partial charge in [0.25, 0.3) is 0 Å². The maximum Gasteiger partial charge on any atom is 0.337 e. The summed E-state index contributed by atoms with van der Waals surface area (Å²) in [6.45, 7) is 0. The molecule has 0 bridgehead atoms. The van der Waals surface area contributed by atoms with Crippen molar-refractivity contribution in [3.8, 4) is 5.75 Å². The number of aliphatic hydroxyl groups excluding tert-OH is 1. The number of halogens is 1. The van der Waals surface area contributed by atoms with E-state index in [1.54, 1.807) is 0 Å². The Morgan fingerprint density at radius 1 is 1.37 bits per heavy atom. The Morgan fingerprint density at radius 3 is 2.68 bits per heavy atom. The van der Waals surface area contributed by atoms with Gasteiger partial charge < -0.3 is 14.9 Å². The Balaban J connectivity index is 2.65. The van der Waals surface area contributed by atoms with Crippen molar-refractivity contribution < 1.29 is 19.7 Å². The summed E-state index contributed by atoms with van der Waals surface area (Å²) < 4.78 is 5.98. The van der Waals surface area contributed by atoms with Crippen LogP contribution in [0, 0.1) is 0 Å². The number of aryl methyl sites for hydroxylation is 1. The van der Waals surface area contributed by atoms with Crippen LogP contribution in [0.1, 0.15) is 42.1 Å². The van der Waals surface area contributed by atoms with Crippen molar-refractivity contribution in [1.82, 2.24) is 0 Å². The van der Waals surface area contributed by atoms with Gasteiger partial charge in [-0.2, -0.15) is 0 Å². The molecule has 0 spiro atoms. The van der Waals surface area contributed by atoms with Crippen molar-refractivity contribution in [2.24, 2.45) is 0 Å². The van der Waals surface area contributed by atoms with Crippen molar-refractivity contribution in [2.75, 3.05) is 7.11 Å². The molecule has 0 fully saturated rings. The number of aliphatic carboxylic acids is 1. The van der Waals surface area contributed by atoms with Crippen LogP contribution in [-0.4, -0.2) is 23.3 Å². The summed E-state index contributed by atoms with van der Waals surface area (Å²) in [6, 6.07) is 1.98. The number of aliphatic hydroxyl groups is 1. The molecule has 1 atom stereocenters. The molecule has 2 N–H and O–H groups in total. The van der Waals surface area contributed by atoms with Gasteiger partial charge in [-0.25, -0.2) is 4.79 Å². The fraction of sp³-hybridized carbons (Fsp3) is 0.500. The molecule has 1 aromatic rings. The lowest BCUT2D eigenvalue weighted by Crippen LogP contribution is -2.15. The zero-order valence-electron chi connectivity index (χ0n) is 10.8. The minimum atomic E-state index is -1.54. The van der Waals surface area contributed by atoms with E-state index in [-0.39, 0.29) is 0 Å². The van der Waals surface area contributed by atoms with Crippen LogP contribution in [0.4, 0.5) is 0 Å². The van der Waals surface area contributed by atoms with Gasteiger partial charge in [0.15, 0.2) is 6.10 Å². The highest BCUT2D eigenvalue weighted by Crippen LogP contribution is 2.40. The predicted octanol–water partition coefficient (Wildman–Crippen LogP) is 2.84. The summed E-state index contributed by atoms with van der Waals surface area (Å²) in [5.41, 5.74) is 2.45. The number of benzene rings is 1. The molecule has 19 heavy (non-hydrogen) atoms. The Hall–Kier alpha value is -1.07. The molecule has 4 nitrogen and oxygen atoms in total. The number of carbonyl (C=O) groups is 1. The smallest absolute Gasteiger partial charge is 0.337 e. The normalized spacial score (nSPS) is 16.4. The fourth-order valence-corrected chi connectivity index (χ4v) is 3.33. The van der Waals surface area contributed by atoms with Crippen LogP contribution in [0.5, 0.6) is 5.75 Å². The molecule has 0 saturated carbocycles. The minimum Gasteiger partial charge on any atom is -0.495 e.